The summed E-state index contributed by atoms with van der Waals surface area (Å²) in [5.74, 6) is -0.0511. The van der Waals surface area contributed by atoms with Crippen molar-refractivity contribution in [1.29, 1.82) is 0 Å². The number of hydrogen-bond acceptors (Lipinski definition) is 7. The molecule has 2 amide bonds. The number of amides is 2. The van der Waals surface area contributed by atoms with Gasteiger partial charge < -0.3 is 14.8 Å². The molecule has 0 saturated carbocycles. The van der Waals surface area contributed by atoms with E-state index in [0.29, 0.717) is 23.6 Å². The third-order valence-electron chi connectivity index (χ3n) is 6.27. The number of rotatable bonds is 14. The molecule has 0 heterocycles. The molecule has 2 N–H and O–H groups in total. The van der Waals surface area contributed by atoms with Crippen LogP contribution < -0.4 is 24.5 Å². The second kappa shape index (κ2) is 15.6. The lowest BCUT2D eigenvalue weighted by molar-refractivity contribution is -0.123. The molecule has 0 aromatic heterocycles. The molecule has 0 atom stereocenters. The lowest BCUT2D eigenvalue weighted by atomic mass is 10.1. The maximum Gasteiger partial charge on any atom is 0.264 e. The van der Waals surface area contributed by atoms with Gasteiger partial charge in [-0.1, -0.05) is 60.1 Å². The zero-order chi connectivity index (χ0) is 31.4. The summed E-state index contributed by atoms with van der Waals surface area (Å²) in [6, 6.07) is 28.8. The number of ether oxygens (including phenoxy) is 2. The van der Waals surface area contributed by atoms with Crippen LogP contribution in [0.25, 0.3) is 0 Å². The Morgan fingerprint density at radius 3 is 2.25 bits per heavy atom. The molecule has 0 saturated heterocycles. The molecule has 10 nitrogen and oxygen atoms in total. The van der Waals surface area contributed by atoms with E-state index < -0.39 is 22.5 Å². The quantitative estimate of drug-likeness (QED) is 0.156. The Labute approximate surface area is 261 Å². The lowest BCUT2D eigenvalue weighted by Crippen LogP contribution is -2.39. The van der Waals surface area contributed by atoms with Crippen LogP contribution in [0.3, 0.4) is 0 Å². The third kappa shape index (κ3) is 9.06. The van der Waals surface area contributed by atoms with Gasteiger partial charge in [-0.25, -0.2) is 13.8 Å². The topological polar surface area (TPSA) is 126 Å². The van der Waals surface area contributed by atoms with Crippen LogP contribution in [-0.4, -0.2) is 53.3 Å². The summed E-state index contributed by atoms with van der Waals surface area (Å²) >= 11 is 6.25. The fourth-order valence-electron chi connectivity index (χ4n) is 4.03. The predicted molar refractivity (Wildman–Crippen MR) is 170 cm³/mol. The van der Waals surface area contributed by atoms with Gasteiger partial charge in [0, 0.05) is 6.54 Å². The van der Waals surface area contributed by atoms with Crippen LogP contribution in [0.1, 0.15) is 11.1 Å². The molecule has 4 aromatic rings. The Balaban J connectivity index is 1.31. The van der Waals surface area contributed by atoms with Crippen molar-refractivity contribution in [1.82, 2.24) is 10.7 Å². The molecule has 44 heavy (non-hydrogen) atoms. The van der Waals surface area contributed by atoms with E-state index in [1.807, 2.05) is 30.3 Å². The number of methoxy groups -OCH3 is 1. The minimum atomic E-state index is -4.12. The van der Waals surface area contributed by atoms with Gasteiger partial charge in [-0.2, -0.15) is 5.10 Å². The van der Waals surface area contributed by atoms with E-state index in [9.17, 15) is 18.0 Å². The fraction of sp³-hybridized carbons (Fsp3) is 0.156. The Bertz CT molecular complexity index is 1690. The molecular weight excluding hydrogens is 604 g/mol. The van der Waals surface area contributed by atoms with Crippen molar-refractivity contribution in [2.24, 2.45) is 5.10 Å². The maximum absolute atomic E-state index is 13.5. The monoisotopic (exact) mass is 634 g/mol. The fourth-order valence-corrected chi connectivity index (χ4v) is 5.72. The average Bonchev–Trinajstić information content (AvgIpc) is 3.04. The number of hydrazone groups is 1. The third-order valence-corrected chi connectivity index (χ3v) is 8.36. The molecule has 4 rings (SSSR count). The van der Waals surface area contributed by atoms with Crippen molar-refractivity contribution < 1.29 is 27.5 Å². The van der Waals surface area contributed by atoms with E-state index in [1.54, 1.807) is 42.5 Å². The molecule has 0 aliphatic carbocycles. The van der Waals surface area contributed by atoms with Crippen LogP contribution in [0.2, 0.25) is 5.02 Å². The van der Waals surface area contributed by atoms with Crippen LogP contribution in [0.5, 0.6) is 11.5 Å². The molecule has 0 radical (unpaired) electrons. The van der Waals surface area contributed by atoms with E-state index in [2.05, 4.69) is 15.8 Å². The normalized spacial score (nSPS) is 11.1. The Kier molecular flexibility index (Phi) is 11.3. The number of halogens is 1. The Morgan fingerprint density at radius 2 is 1.59 bits per heavy atom. The van der Waals surface area contributed by atoms with Gasteiger partial charge in [0.1, 0.15) is 18.0 Å². The molecule has 0 aliphatic heterocycles. The van der Waals surface area contributed by atoms with Crippen molar-refractivity contribution in [2.45, 2.75) is 11.3 Å². The Morgan fingerprint density at radius 1 is 0.909 bits per heavy atom. The number of anilines is 1. The first-order valence-electron chi connectivity index (χ1n) is 13.5. The molecule has 0 unspecified atom stereocenters. The maximum atomic E-state index is 13.5. The zero-order valence-electron chi connectivity index (χ0n) is 23.9. The van der Waals surface area contributed by atoms with E-state index in [-0.39, 0.29) is 28.1 Å². The summed E-state index contributed by atoms with van der Waals surface area (Å²) in [6.45, 7) is -0.172. The highest BCUT2D eigenvalue weighted by molar-refractivity contribution is 7.92. The zero-order valence-corrected chi connectivity index (χ0v) is 25.4. The van der Waals surface area contributed by atoms with Crippen LogP contribution in [-0.2, 0) is 26.0 Å². The van der Waals surface area contributed by atoms with Gasteiger partial charge in [0.25, 0.3) is 21.8 Å². The smallest absolute Gasteiger partial charge is 0.264 e. The summed E-state index contributed by atoms with van der Waals surface area (Å²) in [4.78, 5) is 24.9. The predicted octanol–water partition coefficient (Wildman–Crippen LogP) is 4.43. The molecule has 12 heteroatoms. The highest BCUT2D eigenvalue weighted by Crippen LogP contribution is 2.31. The molecule has 0 fully saturated rings. The van der Waals surface area contributed by atoms with Gasteiger partial charge in [-0.3, -0.25) is 13.9 Å². The standard InChI is InChI=1S/C32H31ClN4O6S/c1-42-30-17-14-26(20-29(30)33)37(44(40,41)28-10-6-3-7-11-28)22-31(38)36-35-21-25-12-15-27(16-13-25)43-23-32(39)34-19-18-24-8-4-2-5-9-24/h2-17,20-21H,18-19,22-23H2,1H3,(H,34,39)(H,36,38)/b35-21-. The number of hydrogen-bond donors (Lipinski definition) is 2. The summed E-state index contributed by atoms with van der Waals surface area (Å²) in [6.07, 6.45) is 2.13. The van der Waals surface area contributed by atoms with Crippen molar-refractivity contribution in [3.8, 4) is 11.5 Å². The van der Waals surface area contributed by atoms with Crippen LogP contribution in [0.4, 0.5) is 5.69 Å². The van der Waals surface area contributed by atoms with Gasteiger partial charge in [0.2, 0.25) is 0 Å². The summed E-state index contributed by atoms with van der Waals surface area (Å²) < 4.78 is 38.6. The van der Waals surface area contributed by atoms with E-state index in [1.165, 1.54) is 43.7 Å². The first kappa shape index (κ1) is 32.1. The molecule has 0 bridgehead atoms. The van der Waals surface area contributed by atoms with Gasteiger partial charge in [0.05, 0.1) is 28.9 Å². The van der Waals surface area contributed by atoms with Gasteiger partial charge in [0.15, 0.2) is 6.61 Å². The van der Waals surface area contributed by atoms with Crippen LogP contribution in [0.15, 0.2) is 113 Å². The molecular formula is C32H31ClN4O6S. The lowest BCUT2D eigenvalue weighted by Gasteiger charge is -2.24. The highest BCUT2D eigenvalue weighted by atomic mass is 35.5. The minimum absolute atomic E-state index is 0.00946. The summed E-state index contributed by atoms with van der Waals surface area (Å²) in [7, 11) is -2.68. The number of nitrogens with one attached hydrogen (secondary N) is 2. The highest BCUT2D eigenvalue weighted by Gasteiger charge is 2.27. The number of sulfonamides is 1. The largest absolute Gasteiger partial charge is 0.495 e. The second-order valence-electron chi connectivity index (χ2n) is 9.38. The van der Waals surface area contributed by atoms with Crippen LogP contribution >= 0.6 is 11.6 Å². The first-order chi connectivity index (χ1) is 21.3. The van der Waals surface area contributed by atoms with E-state index in [4.69, 9.17) is 21.1 Å². The van der Waals surface area contributed by atoms with Gasteiger partial charge in [-0.05, 0) is 72.1 Å². The van der Waals surface area contributed by atoms with Crippen molar-refractivity contribution in [2.75, 3.05) is 31.1 Å². The number of carbonyl (C=O) groups excluding carboxylic acids is 2. The molecule has 228 valence electrons. The van der Waals surface area contributed by atoms with E-state index >= 15 is 0 Å². The SMILES string of the molecule is COc1ccc(N(CC(=O)N/N=C\c2ccc(OCC(=O)NCCc3ccccc3)cc2)S(=O)(=O)c2ccccc2)cc1Cl. The molecule has 0 spiro atoms. The summed E-state index contributed by atoms with van der Waals surface area (Å²) in [5, 5.41) is 6.96. The second-order valence-corrected chi connectivity index (χ2v) is 11.6. The number of nitrogens with zero attached hydrogens (tertiary/aromatic N) is 2. The molecule has 4 aromatic carbocycles. The van der Waals surface area contributed by atoms with Gasteiger partial charge in [-0.15, -0.1) is 0 Å². The Hall–Kier alpha value is -4.87. The van der Waals surface area contributed by atoms with Gasteiger partial charge >= 0.3 is 0 Å². The average molecular weight is 635 g/mol. The van der Waals surface area contributed by atoms with Crippen molar-refractivity contribution >= 4 is 45.3 Å². The van der Waals surface area contributed by atoms with Crippen molar-refractivity contribution in [3.63, 3.8) is 0 Å². The number of carbonyl (C=O) groups is 2. The minimum Gasteiger partial charge on any atom is -0.495 e. The number of benzene rings is 4. The summed E-state index contributed by atoms with van der Waals surface area (Å²) in [5.41, 5.74) is 4.32. The van der Waals surface area contributed by atoms with E-state index in [0.717, 1.165) is 16.3 Å². The van der Waals surface area contributed by atoms with Crippen molar-refractivity contribution in [3.05, 3.63) is 119 Å². The first-order valence-corrected chi connectivity index (χ1v) is 15.3. The molecule has 0 aliphatic rings. The van der Waals surface area contributed by atoms with Crippen LogP contribution in [0, 0.1) is 0 Å².